The van der Waals surface area contributed by atoms with E-state index >= 15 is 0 Å². The van der Waals surface area contributed by atoms with Crippen molar-refractivity contribution in [1.29, 1.82) is 0 Å². The first-order chi connectivity index (χ1) is 6.61. The second kappa shape index (κ2) is 5.32. The maximum atomic E-state index is 10.6. The highest BCUT2D eigenvalue weighted by Crippen LogP contribution is 2.20. The molecule has 2 unspecified atom stereocenters. The summed E-state index contributed by atoms with van der Waals surface area (Å²) in [6.45, 7) is 2.68. The molecule has 0 aliphatic carbocycles. The number of hydrogen-bond acceptors (Lipinski definition) is 3. The molecule has 0 aromatic heterocycles. The van der Waals surface area contributed by atoms with E-state index in [1.807, 2.05) is 6.92 Å². The molecule has 1 saturated heterocycles. The Morgan fingerprint density at radius 1 is 1.64 bits per heavy atom. The van der Waals surface area contributed by atoms with E-state index in [1.165, 1.54) is 6.42 Å². The van der Waals surface area contributed by atoms with Crippen LogP contribution in [0.25, 0.3) is 0 Å². The van der Waals surface area contributed by atoms with Crippen LogP contribution in [-0.4, -0.2) is 29.8 Å². The monoisotopic (exact) mass is 201 g/mol. The molecule has 0 radical (unpaired) electrons. The lowest BCUT2D eigenvalue weighted by Gasteiger charge is -2.26. The van der Waals surface area contributed by atoms with E-state index < -0.39 is 12.0 Å². The molecule has 14 heavy (non-hydrogen) atoms. The zero-order chi connectivity index (χ0) is 10.6. The van der Waals surface area contributed by atoms with Crippen molar-refractivity contribution in [3.63, 3.8) is 0 Å². The molecule has 0 aromatic carbocycles. The van der Waals surface area contributed by atoms with E-state index in [0.29, 0.717) is 0 Å². The van der Waals surface area contributed by atoms with Gasteiger partial charge in [-0.3, -0.25) is 4.79 Å². The number of ether oxygens (including phenoxy) is 1. The molecule has 1 rings (SSSR count). The van der Waals surface area contributed by atoms with E-state index in [4.69, 9.17) is 15.6 Å². The standard InChI is InChI=1S/C10H19NO3/c1-7(9(11)10(12)13)6-8-4-2-3-5-14-8/h7-9H,2-6,11H2,1H3,(H,12,13)/t7?,8?,9-/m0/s1. The van der Waals surface area contributed by atoms with Gasteiger partial charge in [-0.25, -0.2) is 0 Å². The molecular weight excluding hydrogens is 182 g/mol. The van der Waals surface area contributed by atoms with Crippen LogP contribution in [0.2, 0.25) is 0 Å². The van der Waals surface area contributed by atoms with Crippen molar-refractivity contribution in [2.75, 3.05) is 6.61 Å². The molecule has 0 amide bonds. The van der Waals surface area contributed by atoms with Gasteiger partial charge in [-0.2, -0.15) is 0 Å². The van der Waals surface area contributed by atoms with Crippen molar-refractivity contribution in [3.05, 3.63) is 0 Å². The lowest BCUT2D eigenvalue weighted by molar-refractivity contribution is -0.140. The molecule has 4 nitrogen and oxygen atoms in total. The number of nitrogens with two attached hydrogens (primary N) is 1. The number of carboxylic acid groups (broad SMARTS) is 1. The van der Waals surface area contributed by atoms with Gasteiger partial charge < -0.3 is 15.6 Å². The molecule has 3 N–H and O–H groups in total. The molecular formula is C10H19NO3. The number of carbonyl (C=O) groups is 1. The van der Waals surface area contributed by atoms with Gasteiger partial charge in [-0.15, -0.1) is 0 Å². The van der Waals surface area contributed by atoms with Crippen LogP contribution < -0.4 is 5.73 Å². The highest BCUT2D eigenvalue weighted by Gasteiger charge is 2.24. The van der Waals surface area contributed by atoms with Crippen LogP contribution in [0, 0.1) is 5.92 Å². The molecule has 4 heteroatoms. The number of aliphatic carboxylic acids is 1. The van der Waals surface area contributed by atoms with Gasteiger partial charge in [0, 0.05) is 6.61 Å². The van der Waals surface area contributed by atoms with Gasteiger partial charge in [-0.1, -0.05) is 6.92 Å². The molecule has 3 atom stereocenters. The summed E-state index contributed by atoms with van der Waals surface area (Å²) in [6.07, 6.45) is 4.31. The Morgan fingerprint density at radius 3 is 2.86 bits per heavy atom. The van der Waals surface area contributed by atoms with E-state index in [1.54, 1.807) is 0 Å². The summed E-state index contributed by atoms with van der Waals surface area (Å²) in [6, 6.07) is -0.763. The summed E-state index contributed by atoms with van der Waals surface area (Å²) in [5.41, 5.74) is 5.52. The minimum absolute atomic E-state index is 0.0180. The van der Waals surface area contributed by atoms with Crippen LogP contribution in [0.5, 0.6) is 0 Å². The summed E-state index contributed by atoms with van der Waals surface area (Å²) in [4.78, 5) is 10.6. The van der Waals surface area contributed by atoms with Crippen LogP contribution in [0.1, 0.15) is 32.6 Å². The highest BCUT2D eigenvalue weighted by atomic mass is 16.5. The predicted octanol–water partition coefficient (Wildman–Crippen LogP) is 0.994. The van der Waals surface area contributed by atoms with Gasteiger partial charge in [0.25, 0.3) is 0 Å². The molecule has 1 aliphatic rings. The van der Waals surface area contributed by atoms with Crippen LogP contribution in [-0.2, 0) is 9.53 Å². The molecule has 0 spiro atoms. The smallest absolute Gasteiger partial charge is 0.320 e. The van der Waals surface area contributed by atoms with Crippen LogP contribution >= 0.6 is 0 Å². The third-order valence-corrected chi connectivity index (χ3v) is 2.81. The van der Waals surface area contributed by atoms with Crippen LogP contribution in [0.15, 0.2) is 0 Å². The van der Waals surface area contributed by atoms with Crippen LogP contribution in [0.3, 0.4) is 0 Å². The number of hydrogen-bond donors (Lipinski definition) is 2. The summed E-state index contributed by atoms with van der Waals surface area (Å²) in [7, 11) is 0. The Balaban J connectivity index is 2.31. The summed E-state index contributed by atoms with van der Waals surface area (Å²) in [5, 5.41) is 8.72. The second-order valence-electron chi connectivity index (χ2n) is 4.07. The Morgan fingerprint density at radius 2 is 2.36 bits per heavy atom. The van der Waals surface area contributed by atoms with Crippen molar-refractivity contribution in [2.45, 2.75) is 44.8 Å². The quantitative estimate of drug-likeness (QED) is 0.711. The van der Waals surface area contributed by atoms with E-state index in [-0.39, 0.29) is 12.0 Å². The highest BCUT2D eigenvalue weighted by molar-refractivity contribution is 5.73. The fourth-order valence-corrected chi connectivity index (χ4v) is 1.80. The SMILES string of the molecule is CC(CC1CCCCO1)[C@H](N)C(=O)O. The van der Waals surface area contributed by atoms with Crippen molar-refractivity contribution < 1.29 is 14.6 Å². The average molecular weight is 201 g/mol. The van der Waals surface area contributed by atoms with Crippen LogP contribution in [0.4, 0.5) is 0 Å². The largest absolute Gasteiger partial charge is 0.480 e. The Hall–Kier alpha value is -0.610. The van der Waals surface area contributed by atoms with Crippen molar-refractivity contribution in [2.24, 2.45) is 11.7 Å². The maximum Gasteiger partial charge on any atom is 0.320 e. The molecule has 1 aliphatic heterocycles. The second-order valence-corrected chi connectivity index (χ2v) is 4.07. The predicted molar refractivity (Wildman–Crippen MR) is 53.0 cm³/mol. The molecule has 1 fully saturated rings. The van der Waals surface area contributed by atoms with Crippen molar-refractivity contribution in [3.8, 4) is 0 Å². The van der Waals surface area contributed by atoms with Gasteiger partial charge >= 0.3 is 5.97 Å². The molecule has 0 bridgehead atoms. The van der Waals surface area contributed by atoms with Crippen molar-refractivity contribution in [1.82, 2.24) is 0 Å². The lowest BCUT2D eigenvalue weighted by Crippen LogP contribution is -2.38. The minimum atomic E-state index is -0.923. The maximum absolute atomic E-state index is 10.6. The number of carboxylic acids is 1. The molecule has 82 valence electrons. The fourth-order valence-electron chi connectivity index (χ4n) is 1.80. The number of rotatable bonds is 4. The third-order valence-electron chi connectivity index (χ3n) is 2.81. The van der Waals surface area contributed by atoms with Gasteiger partial charge in [0.1, 0.15) is 6.04 Å². The van der Waals surface area contributed by atoms with E-state index in [9.17, 15) is 4.79 Å². The van der Waals surface area contributed by atoms with E-state index in [2.05, 4.69) is 0 Å². The topological polar surface area (TPSA) is 72.5 Å². The minimum Gasteiger partial charge on any atom is -0.480 e. The lowest BCUT2D eigenvalue weighted by atomic mass is 9.93. The zero-order valence-electron chi connectivity index (χ0n) is 8.61. The van der Waals surface area contributed by atoms with Crippen molar-refractivity contribution >= 4 is 5.97 Å². The third kappa shape index (κ3) is 3.27. The molecule has 1 heterocycles. The first kappa shape index (κ1) is 11.5. The summed E-state index contributed by atoms with van der Waals surface area (Å²) in [5.74, 6) is -0.941. The fraction of sp³-hybridized carbons (Fsp3) is 0.900. The molecule has 0 aromatic rings. The first-order valence-electron chi connectivity index (χ1n) is 5.21. The Labute approximate surface area is 84.4 Å². The Kier molecular flexibility index (Phi) is 4.35. The van der Waals surface area contributed by atoms with Gasteiger partial charge in [-0.05, 0) is 31.6 Å². The Bertz CT molecular complexity index is 190. The summed E-state index contributed by atoms with van der Waals surface area (Å²) < 4.78 is 5.53. The normalized spacial score (nSPS) is 26.9. The van der Waals surface area contributed by atoms with Gasteiger partial charge in [0.2, 0.25) is 0 Å². The zero-order valence-corrected chi connectivity index (χ0v) is 8.61. The van der Waals surface area contributed by atoms with Gasteiger partial charge in [0.05, 0.1) is 6.10 Å². The van der Waals surface area contributed by atoms with E-state index in [0.717, 1.165) is 25.9 Å². The summed E-state index contributed by atoms with van der Waals surface area (Å²) >= 11 is 0. The average Bonchev–Trinajstić information content (AvgIpc) is 2.18. The molecule has 0 saturated carbocycles. The van der Waals surface area contributed by atoms with Gasteiger partial charge in [0.15, 0.2) is 0 Å². The first-order valence-corrected chi connectivity index (χ1v) is 5.21.